The molecule has 8 nitrogen and oxygen atoms in total. The smallest absolute Gasteiger partial charge is 0.141 e. The summed E-state index contributed by atoms with van der Waals surface area (Å²) in [6.07, 6.45) is 4.63. The van der Waals surface area contributed by atoms with Gasteiger partial charge in [-0.1, -0.05) is 0 Å². The molecule has 36 heavy (non-hydrogen) atoms. The van der Waals surface area contributed by atoms with E-state index in [9.17, 15) is 0 Å². The third-order valence-electron chi connectivity index (χ3n) is 6.62. The fraction of sp³-hybridized carbons (Fsp3) is 0.250. The average molecular weight is 481 g/mol. The second kappa shape index (κ2) is 9.13. The number of aryl methyl sites for hydroxylation is 2. The maximum atomic E-state index is 6.23. The Morgan fingerprint density at radius 2 is 1.81 bits per heavy atom. The number of anilines is 2. The van der Waals surface area contributed by atoms with E-state index >= 15 is 0 Å². The first-order chi connectivity index (χ1) is 17.5. The largest absolute Gasteiger partial charge is 0.489 e. The van der Waals surface area contributed by atoms with Crippen LogP contribution in [0.5, 0.6) is 17.2 Å². The van der Waals surface area contributed by atoms with E-state index in [1.165, 1.54) is 0 Å². The van der Waals surface area contributed by atoms with E-state index in [-0.39, 0.29) is 6.10 Å². The van der Waals surface area contributed by atoms with Crippen LogP contribution in [0, 0.1) is 6.92 Å². The van der Waals surface area contributed by atoms with Crippen molar-refractivity contribution in [2.75, 3.05) is 25.5 Å². The summed E-state index contributed by atoms with van der Waals surface area (Å²) in [6, 6.07) is 17.9. The number of aromatic nitrogens is 4. The third-order valence-corrected chi connectivity index (χ3v) is 6.62. The van der Waals surface area contributed by atoms with E-state index in [1.54, 1.807) is 12.7 Å². The number of ether oxygens (including phenoxy) is 2. The summed E-state index contributed by atoms with van der Waals surface area (Å²) in [6.45, 7) is 4.03. The van der Waals surface area contributed by atoms with Crippen LogP contribution in [-0.4, -0.2) is 50.7 Å². The summed E-state index contributed by atoms with van der Waals surface area (Å²) in [7, 11) is 4.10. The first-order valence-electron chi connectivity index (χ1n) is 12.1. The molecule has 3 aromatic carbocycles. The fourth-order valence-electron chi connectivity index (χ4n) is 4.68. The van der Waals surface area contributed by atoms with E-state index in [0.717, 1.165) is 75.8 Å². The van der Waals surface area contributed by atoms with Crippen LogP contribution in [0.3, 0.4) is 0 Å². The molecular formula is C28H28N6O2. The molecule has 2 aromatic heterocycles. The number of nitrogens with zero attached hydrogens (tertiary/aromatic N) is 5. The Labute approximate surface area is 209 Å². The van der Waals surface area contributed by atoms with Crippen LogP contribution in [0.2, 0.25) is 0 Å². The van der Waals surface area contributed by atoms with Gasteiger partial charge in [0.05, 0.1) is 22.9 Å². The van der Waals surface area contributed by atoms with E-state index in [2.05, 4.69) is 38.3 Å². The fourth-order valence-corrected chi connectivity index (χ4v) is 4.68. The molecule has 1 N–H and O–H groups in total. The lowest BCUT2D eigenvalue weighted by atomic mass is 10.1. The van der Waals surface area contributed by atoms with E-state index < -0.39 is 0 Å². The number of imidazole rings is 1. The SMILES string of the molecule is Cc1cc(Nc2ncnc3ccc(O[C@H]4CCN(C)C4)cc23)ccc1Oc1ccc2c(c1)ncn2C. The molecule has 0 amide bonds. The van der Waals surface area contributed by atoms with Crippen LogP contribution in [0.1, 0.15) is 12.0 Å². The topological polar surface area (TPSA) is 77.3 Å². The van der Waals surface area contributed by atoms with Gasteiger partial charge in [-0.2, -0.15) is 0 Å². The first kappa shape index (κ1) is 22.3. The molecule has 0 unspecified atom stereocenters. The minimum Gasteiger partial charge on any atom is -0.489 e. The third kappa shape index (κ3) is 4.43. The molecule has 182 valence electrons. The monoisotopic (exact) mass is 480 g/mol. The highest BCUT2D eigenvalue weighted by Crippen LogP contribution is 2.32. The number of fused-ring (bicyclic) bond motifs is 2. The summed E-state index contributed by atoms with van der Waals surface area (Å²) in [5, 5.41) is 4.37. The molecule has 0 bridgehead atoms. The van der Waals surface area contributed by atoms with Crippen LogP contribution in [-0.2, 0) is 7.05 Å². The molecular weight excluding hydrogens is 452 g/mol. The summed E-state index contributed by atoms with van der Waals surface area (Å²) < 4.78 is 14.4. The Hall–Kier alpha value is -4.17. The highest BCUT2D eigenvalue weighted by molar-refractivity contribution is 5.91. The van der Waals surface area contributed by atoms with E-state index in [1.807, 2.05) is 67.1 Å². The summed E-state index contributed by atoms with van der Waals surface area (Å²) in [4.78, 5) is 15.6. The van der Waals surface area contributed by atoms with Gasteiger partial charge in [-0.15, -0.1) is 0 Å². The van der Waals surface area contributed by atoms with Crippen molar-refractivity contribution in [3.05, 3.63) is 72.8 Å². The van der Waals surface area contributed by atoms with Gasteiger partial charge in [0.25, 0.3) is 0 Å². The number of benzene rings is 3. The molecule has 1 aliphatic heterocycles. The second-order valence-electron chi connectivity index (χ2n) is 9.41. The van der Waals surface area contributed by atoms with E-state index in [0.29, 0.717) is 0 Å². The molecule has 1 saturated heterocycles. The van der Waals surface area contributed by atoms with Gasteiger partial charge < -0.3 is 24.3 Å². The molecule has 3 heterocycles. The van der Waals surface area contributed by atoms with Crippen molar-refractivity contribution >= 4 is 33.4 Å². The average Bonchev–Trinajstić information content (AvgIpc) is 3.45. The zero-order valence-corrected chi connectivity index (χ0v) is 20.6. The predicted octanol–water partition coefficient (Wildman–Crippen LogP) is 5.44. The van der Waals surface area contributed by atoms with Crippen LogP contribution in [0.4, 0.5) is 11.5 Å². The van der Waals surface area contributed by atoms with Crippen LogP contribution < -0.4 is 14.8 Å². The molecule has 0 radical (unpaired) electrons. The molecule has 6 rings (SSSR count). The quantitative estimate of drug-likeness (QED) is 0.347. The standard InChI is InChI=1S/C28H28N6O2/c1-18-12-19(4-9-27(18)36-21-6-8-26-25(14-21)31-17-34(26)3)32-28-23-13-20(5-7-24(23)29-16-30-28)35-22-10-11-33(2)15-22/h4-9,12-14,16-17,22H,10-11,15H2,1-3H3,(H,29,30,32)/t22-/m0/s1. The predicted molar refractivity (Wildman–Crippen MR) is 141 cm³/mol. The number of rotatable bonds is 6. The van der Waals surface area contributed by atoms with Crippen molar-refractivity contribution in [1.29, 1.82) is 0 Å². The zero-order valence-electron chi connectivity index (χ0n) is 20.6. The van der Waals surface area contributed by atoms with Gasteiger partial charge in [-0.05, 0) is 74.5 Å². The summed E-state index contributed by atoms with van der Waals surface area (Å²) >= 11 is 0. The number of hydrogen-bond donors (Lipinski definition) is 1. The normalized spacial score (nSPS) is 16.0. The number of nitrogens with one attached hydrogen (secondary N) is 1. The van der Waals surface area contributed by atoms with Crippen LogP contribution in [0.15, 0.2) is 67.3 Å². The second-order valence-corrected chi connectivity index (χ2v) is 9.41. The van der Waals surface area contributed by atoms with Gasteiger partial charge in [0.1, 0.15) is 35.5 Å². The first-order valence-corrected chi connectivity index (χ1v) is 12.1. The minimum absolute atomic E-state index is 0.210. The van der Waals surface area contributed by atoms with Gasteiger partial charge in [0.15, 0.2) is 0 Å². The molecule has 1 aliphatic rings. The highest BCUT2D eigenvalue weighted by Gasteiger charge is 2.21. The van der Waals surface area contributed by atoms with Crippen molar-refractivity contribution in [2.45, 2.75) is 19.4 Å². The number of hydrogen-bond acceptors (Lipinski definition) is 7. The minimum atomic E-state index is 0.210. The molecule has 0 spiro atoms. The zero-order chi connectivity index (χ0) is 24.6. The number of likely N-dealkylation sites (tertiary alicyclic amines) is 1. The molecule has 5 aromatic rings. The van der Waals surface area contributed by atoms with Gasteiger partial charge in [-0.25, -0.2) is 15.0 Å². The van der Waals surface area contributed by atoms with Gasteiger partial charge >= 0.3 is 0 Å². The lowest BCUT2D eigenvalue weighted by molar-refractivity contribution is 0.208. The van der Waals surface area contributed by atoms with Gasteiger partial charge in [0.2, 0.25) is 0 Å². The Balaban J connectivity index is 1.22. The van der Waals surface area contributed by atoms with Crippen molar-refractivity contribution in [2.24, 2.45) is 7.05 Å². The summed E-state index contributed by atoms with van der Waals surface area (Å²) in [5.74, 6) is 3.13. The Morgan fingerprint density at radius 1 is 0.917 bits per heavy atom. The molecule has 1 atom stereocenters. The van der Waals surface area contributed by atoms with Crippen LogP contribution in [0.25, 0.3) is 21.9 Å². The Morgan fingerprint density at radius 3 is 2.64 bits per heavy atom. The van der Waals surface area contributed by atoms with Crippen LogP contribution >= 0.6 is 0 Å². The van der Waals surface area contributed by atoms with Gasteiger partial charge in [-0.3, -0.25) is 0 Å². The van der Waals surface area contributed by atoms with Crippen molar-refractivity contribution in [3.63, 3.8) is 0 Å². The number of likely N-dealkylation sites (N-methyl/N-ethyl adjacent to an activating group) is 1. The Kier molecular flexibility index (Phi) is 5.65. The van der Waals surface area contributed by atoms with Crippen molar-refractivity contribution in [1.82, 2.24) is 24.4 Å². The van der Waals surface area contributed by atoms with Crippen molar-refractivity contribution < 1.29 is 9.47 Å². The lowest BCUT2D eigenvalue weighted by Crippen LogP contribution is -2.21. The van der Waals surface area contributed by atoms with Gasteiger partial charge in [0, 0.05) is 37.3 Å². The maximum absolute atomic E-state index is 6.23. The van der Waals surface area contributed by atoms with Crippen molar-refractivity contribution in [3.8, 4) is 17.2 Å². The molecule has 1 fully saturated rings. The maximum Gasteiger partial charge on any atom is 0.141 e. The lowest BCUT2D eigenvalue weighted by Gasteiger charge is -2.15. The molecule has 0 aliphatic carbocycles. The van der Waals surface area contributed by atoms with E-state index in [4.69, 9.17) is 9.47 Å². The highest BCUT2D eigenvalue weighted by atomic mass is 16.5. The summed E-state index contributed by atoms with van der Waals surface area (Å²) in [5.41, 5.74) is 4.77. The molecule has 0 saturated carbocycles. The molecule has 8 heteroatoms. The Bertz CT molecular complexity index is 1560.